The van der Waals surface area contributed by atoms with Crippen LogP contribution in [0.4, 0.5) is 0 Å². The van der Waals surface area contributed by atoms with Crippen molar-refractivity contribution in [1.82, 2.24) is 25.1 Å². The van der Waals surface area contributed by atoms with Gasteiger partial charge in [0.15, 0.2) is 0 Å². The molecule has 0 fully saturated rings. The summed E-state index contributed by atoms with van der Waals surface area (Å²) in [6, 6.07) is 0.0156. The third-order valence-corrected chi connectivity index (χ3v) is 2.90. The monoisotopic (exact) mass is 269 g/mol. The van der Waals surface area contributed by atoms with Crippen LogP contribution in [-0.4, -0.2) is 26.8 Å². The highest BCUT2D eigenvalue weighted by molar-refractivity contribution is 9.10. The number of nitrogens with one attached hydrogen (secondary N) is 2. The lowest BCUT2D eigenvalue weighted by Gasteiger charge is -2.14. The first-order valence-electron chi connectivity index (χ1n) is 4.58. The van der Waals surface area contributed by atoms with Crippen molar-refractivity contribution in [3.05, 3.63) is 34.6 Å². The molecule has 0 spiro atoms. The molecule has 0 bridgehead atoms. The number of hydrogen-bond acceptors (Lipinski definition) is 3. The molecule has 6 heteroatoms. The highest BCUT2D eigenvalue weighted by atomic mass is 79.9. The molecule has 0 saturated heterocycles. The van der Waals surface area contributed by atoms with Crippen molar-refractivity contribution in [3.8, 4) is 0 Å². The van der Waals surface area contributed by atoms with Gasteiger partial charge in [0.05, 0.1) is 16.4 Å². The molecular formula is C9H12BrN5. The van der Waals surface area contributed by atoms with E-state index in [9.17, 15) is 0 Å². The van der Waals surface area contributed by atoms with Crippen LogP contribution in [0.5, 0.6) is 0 Å². The minimum Gasteiger partial charge on any atom is -0.347 e. The van der Waals surface area contributed by atoms with E-state index in [1.807, 2.05) is 25.0 Å². The van der Waals surface area contributed by atoms with Gasteiger partial charge in [0.2, 0.25) is 0 Å². The van der Waals surface area contributed by atoms with E-state index in [-0.39, 0.29) is 6.04 Å². The summed E-state index contributed by atoms with van der Waals surface area (Å²) in [6.45, 7) is 0. The standard InChI is InChI=1S/C9H12BrN5/c1-11-7(9-12-3-4-13-9)8-6(10)5-14-15(8)2/h3-5,7,11H,1-2H3,(H,12,13). The molecular weight excluding hydrogens is 258 g/mol. The average molecular weight is 270 g/mol. The quantitative estimate of drug-likeness (QED) is 0.881. The lowest BCUT2D eigenvalue weighted by molar-refractivity contribution is 0.582. The Morgan fingerprint density at radius 1 is 1.60 bits per heavy atom. The lowest BCUT2D eigenvalue weighted by Crippen LogP contribution is -2.22. The maximum absolute atomic E-state index is 4.25. The average Bonchev–Trinajstić information content (AvgIpc) is 2.83. The summed E-state index contributed by atoms with van der Waals surface area (Å²) in [5, 5.41) is 7.39. The van der Waals surface area contributed by atoms with Crippen LogP contribution in [0.15, 0.2) is 23.1 Å². The van der Waals surface area contributed by atoms with Gasteiger partial charge in [0.25, 0.3) is 0 Å². The second kappa shape index (κ2) is 4.16. The normalized spacial score (nSPS) is 13.0. The number of aromatic nitrogens is 4. The minimum absolute atomic E-state index is 0.0156. The molecule has 5 nitrogen and oxygen atoms in total. The molecule has 2 aromatic rings. The SMILES string of the molecule is CNC(c1ncc[nH]1)c1c(Br)cnn1C. The van der Waals surface area contributed by atoms with Gasteiger partial charge in [-0.2, -0.15) is 5.10 Å². The van der Waals surface area contributed by atoms with Crippen LogP contribution in [-0.2, 0) is 7.05 Å². The summed E-state index contributed by atoms with van der Waals surface area (Å²) >= 11 is 3.48. The highest BCUT2D eigenvalue weighted by Crippen LogP contribution is 2.25. The van der Waals surface area contributed by atoms with E-state index in [1.165, 1.54) is 0 Å². The van der Waals surface area contributed by atoms with Crippen molar-refractivity contribution in [2.45, 2.75) is 6.04 Å². The fraction of sp³-hybridized carbons (Fsp3) is 0.333. The summed E-state index contributed by atoms with van der Waals surface area (Å²) in [4.78, 5) is 7.34. The van der Waals surface area contributed by atoms with E-state index < -0.39 is 0 Å². The molecule has 0 aromatic carbocycles. The number of imidazole rings is 1. The molecule has 15 heavy (non-hydrogen) atoms. The zero-order valence-electron chi connectivity index (χ0n) is 8.53. The van der Waals surface area contributed by atoms with Crippen molar-refractivity contribution in [2.75, 3.05) is 7.05 Å². The van der Waals surface area contributed by atoms with Gasteiger partial charge < -0.3 is 10.3 Å². The number of nitrogens with zero attached hydrogens (tertiary/aromatic N) is 3. The zero-order valence-corrected chi connectivity index (χ0v) is 10.1. The van der Waals surface area contributed by atoms with Crippen LogP contribution in [0.25, 0.3) is 0 Å². The number of H-pyrrole nitrogens is 1. The molecule has 0 aliphatic heterocycles. The van der Waals surface area contributed by atoms with Gasteiger partial charge in [0.1, 0.15) is 11.9 Å². The van der Waals surface area contributed by atoms with Crippen molar-refractivity contribution < 1.29 is 0 Å². The molecule has 2 N–H and O–H groups in total. The Kier molecular flexibility index (Phi) is 2.88. The first-order valence-corrected chi connectivity index (χ1v) is 5.37. The summed E-state index contributed by atoms with van der Waals surface area (Å²) < 4.78 is 2.80. The Morgan fingerprint density at radius 2 is 2.40 bits per heavy atom. The van der Waals surface area contributed by atoms with Gasteiger partial charge in [-0.3, -0.25) is 4.68 Å². The number of rotatable bonds is 3. The van der Waals surface area contributed by atoms with Crippen LogP contribution in [0.1, 0.15) is 17.6 Å². The van der Waals surface area contributed by atoms with Crippen LogP contribution < -0.4 is 5.32 Å². The molecule has 80 valence electrons. The van der Waals surface area contributed by atoms with Crippen LogP contribution in [0.3, 0.4) is 0 Å². The van der Waals surface area contributed by atoms with E-state index in [1.54, 1.807) is 12.4 Å². The van der Waals surface area contributed by atoms with E-state index in [2.05, 4.69) is 36.3 Å². The molecule has 0 aliphatic rings. The first kappa shape index (κ1) is 10.4. The van der Waals surface area contributed by atoms with Crippen LogP contribution in [0.2, 0.25) is 0 Å². The van der Waals surface area contributed by atoms with Gasteiger partial charge >= 0.3 is 0 Å². The summed E-state index contributed by atoms with van der Waals surface area (Å²) in [6.07, 6.45) is 5.33. The van der Waals surface area contributed by atoms with Crippen LogP contribution in [0, 0.1) is 0 Å². The van der Waals surface area contributed by atoms with Gasteiger partial charge in [-0.1, -0.05) is 0 Å². The Labute approximate surface area is 96.0 Å². The minimum atomic E-state index is 0.0156. The van der Waals surface area contributed by atoms with E-state index in [4.69, 9.17) is 0 Å². The molecule has 2 heterocycles. The smallest absolute Gasteiger partial charge is 0.129 e. The third-order valence-electron chi connectivity index (χ3n) is 2.29. The Morgan fingerprint density at radius 3 is 2.87 bits per heavy atom. The number of hydrogen-bond donors (Lipinski definition) is 2. The topological polar surface area (TPSA) is 58.5 Å². The number of aryl methyl sites for hydroxylation is 1. The molecule has 0 radical (unpaired) electrons. The lowest BCUT2D eigenvalue weighted by atomic mass is 10.2. The van der Waals surface area contributed by atoms with Crippen molar-refractivity contribution in [3.63, 3.8) is 0 Å². The molecule has 0 saturated carbocycles. The zero-order chi connectivity index (χ0) is 10.8. The first-order chi connectivity index (χ1) is 7.24. The van der Waals surface area contributed by atoms with Gasteiger partial charge in [-0.25, -0.2) is 4.98 Å². The maximum Gasteiger partial charge on any atom is 0.129 e. The predicted molar refractivity (Wildman–Crippen MR) is 60.4 cm³/mol. The summed E-state index contributed by atoms with van der Waals surface area (Å²) in [5.74, 6) is 0.877. The number of aromatic amines is 1. The Hall–Kier alpha value is -1.14. The summed E-state index contributed by atoms with van der Waals surface area (Å²) in [7, 11) is 3.81. The molecule has 0 aliphatic carbocycles. The van der Waals surface area contributed by atoms with E-state index in [0.717, 1.165) is 16.0 Å². The fourth-order valence-electron chi connectivity index (χ4n) is 1.58. The fourth-order valence-corrected chi connectivity index (χ4v) is 2.16. The largest absolute Gasteiger partial charge is 0.347 e. The van der Waals surface area contributed by atoms with Gasteiger partial charge in [-0.05, 0) is 23.0 Å². The Bertz CT molecular complexity index is 414. The van der Waals surface area contributed by atoms with Crippen molar-refractivity contribution >= 4 is 15.9 Å². The van der Waals surface area contributed by atoms with Gasteiger partial charge in [-0.15, -0.1) is 0 Å². The molecule has 0 amide bonds. The van der Waals surface area contributed by atoms with Crippen molar-refractivity contribution in [1.29, 1.82) is 0 Å². The molecule has 1 atom stereocenters. The molecule has 1 unspecified atom stereocenters. The third kappa shape index (κ3) is 1.82. The second-order valence-corrected chi connectivity index (χ2v) is 4.05. The van der Waals surface area contributed by atoms with E-state index in [0.29, 0.717) is 0 Å². The highest BCUT2D eigenvalue weighted by Gasteiger charge is 2.20. The summed E-state index contributed by atoms with van der Waals surface area (Å²) in [5.41, 5.74) is 1.05. The molecule has 2 rings (SSSR count). The van der Waals surface area contributed by atoms with Crippen LogP contribution >= 0.6 is 15.9 Å². The predicted octanol–water partition coefficient (Wildman–Crippen LogP) is 1.21. The second-order valence-electron chi connectivity index (χ2n) is 3.20. The maximum atomic E-state index is 4.25. The number of halogens is 1. The molecule has 2 aromatic heterocycles. The van der Waals surface area contributed by atoms with Gasteiger partial charge in [0, 0.05) is 19.4 Å². The van der Waals surface area contributed by atoms with E-state index >= 15 is 0 Å². The Balaban J connectivity index is 2.44. The van der Waals surface area contributed by atoms with Crippen molar-refractivity contribution in [2.24, 2.45) is 7.05 Å².